The van der Waals surface area contributed by atoms with E-state index in [1.807, 2.05) is 6.92 Å². The fourth-order valence-electron chi connectivity index (χ4n) is 3.47. The maximum absolute atomic E-state index is 11.6. The molecule has 0 aromatic rings. The highest BCUT2D eigenvalue weighted by Gasteiger charge is 2.28. The van der Waals surface area contributed by atoms with Crippen LogP contribution in [0.4, 0.5) is 0 Å². The second-order valence-corrected chi connectivity index (χ2v) is 6.05. The van der Waals surface area contributed by atoms with Crippen molar-refractivity contribution in [2.45, 2.75) is 57.5 Å². The Morgan fingerprint density at radius 1 is 1.37 bits per heavy atom. The number of carbonyl (C=O) groups is 1. The molecule has 0 aromatic carbocycles. The third-order valence-corrected chi connectivity index (χ3v) is 4.59. The fraction of sp³-hybridized carbons (Fsp3) is 0.933. The van der Waals surface area contributed by atoms with Gasteiger partial charge in [-0.25, -0.2) is 0 Å². The lowest BCUT2D eigenvalue weighted by molar-refractivity contribution is -0.143. The summed E-state index contributed by atoms with van der Waals surface area (Å²) in [6.45, 7) is 5.54. The molecule has 1 N–H and O–H groups in total. The third kappa shape index (κ3) is 4.18. The molecule has 1 saturated heterocycles. The molecule has 110 valence electrons. The Balaban J connectivity index is 1.73. The van der Waals surface area contributed by atoms with Gasteiger partial charge in [0, 0.05) is 19.1 Å². The van der Waals surface area contributed by atoms with Crippen LogP contribution in [0.15, 0.2) is 0 Å². The minimum Gasteiger partial charge on any atom is -0.468 e. The Bertz CT molecular complexity index is 290. The van der Waals surface area contributed by atoms with Gasteiger partial charge >= 0.3 is 5.97 Å². The van der Waals surface area contributed by atoms with Crippen LogP contribution in [-0.4, -0.2) is 49.7 Å². The number of hydrogen-bond donors (Lipinski definition) is 1. The number of hydrogen-bond acceptors (Lipinski definition) is 4. The fourth-order valence-corrected chi connectivity index (χ4v) is 3.47. The van der Waals surface area contributed by atoms with E-state index in [0.717, 1.165) is 25.3 Å². The molecule has 0 aromatic heterocycles. The van der Waals surface area contributed by atoms with Gasteiger partial charge < -0.3 is 15.0 Å². The molecule has 0 radical (unpaired) electrons. The van der Waals surface area contributed by atoms with Crippen molar-refractivity contribution in [3.05, 3.63) is 0 Å². The first-order valence-corrected chi connectivity index (χ1v) is 7.79. The van der Waals surface area contributed by atoms with Crippen LogP contribution in [0.2, 0.25) is 0 Å². The number of methoxy groups -OCH3 is 1. The molecule has 2 fully saturated rings. The van der Waals surface area contributed by atoms with E-state index in [2.05, 4.69) is 10.2 Å². The standard InChI is InChI=1S/C15H28N2O2/c1-3-14(15(18)19-2)16-13-8-9-17(11-13)10-12-6-4-5-7-12/h12-14,16H,3-11H2,1-2H3/t13-,14-/m1/s1. The highest BCUT2D eigenvalue weighted by atomic mass is 16.5. The van der Waals surface area contributed by atoms with E-state index in [1.54, 1.807) is 0 Å². The number of esters is 1. The normalized spacial score (nSPS) is 26.7. The largest absolute Gasteiger partial charge is 0.468 e. The molecule has 0 bridgehead atoms. The van der Waals surface area contributed by atoms with E-state index in [4.69, 9.17) is 4.74 Å². The third-order valence-electron chi connectivity index (χ3n) is 4.59. The summed E-state index contributed by atoms with van der Waals surface area (Å²) in [5.41, 5.74) is 0. The number of carbonyl (C=O) groups excluding carboxylic acids is 1. The highest BCUT2D eigenvalue weighted by molar-refractivity contribution is 5.75. The zero-order valence-corrected chi connectivity index (χ0v) is 12.4. The van der Waals surface area contributed by atoms with Gasteiger partial charge in [0.25, 0.3) is 0 Å². The molecule has 2 aliphatic rings. The predicted octanol–water partition coefficient (Wildman–Crippen LogP) is 1.79. The van der Waals surface area contributed by atoms with Crippen molar-refractivity contribution < 1.29 is 9.53 Å². The van der Waals surface area contributed by atoms with E-state index in [9.17, 15) is 4.79 Å². The molecular formula is C15H28N2O2. The van der Waals surface area contributed by atoms with Crippen molar-refractivity contribution in [1.29, 1.82) is 0 Å². The van der Waals surface area contributed by atoms with Crippen molar-refractivity contribution in [1.82, 2.24) is 10.2 Å². The Hall–Kier alpha value is -0.610. The van der Waals surface area contributed by atoms with Crippen molar-refractivity contribution in [3.63, 3.8) is 0 Å². The average molecular weight is 268 g/mol. The molecule has 0 unspecified atom stereocenters. The highest BCUT2D eigenvalue weighted by Crippen LogP contribution is 2.26. The lowest BCUT2D eigenvalue weighted by Crippen LogP contribution is -2.45. The molecule has 0 amide bonds. The van der Waals surface area contributed by atoms with E-state index >= 15 is 0 Å². The minimum atomic E-state index is -0.138. The number of nitrogens with one attached hydrogen (secondary N) is 1. The van der Waals surface area contributed by atoms with Gasteiger partial charge in [-0.2, -0.15) is 0 Å². The van der Waals surface area contributed by atoms with Crippen LogP contribution in [0.5, 0.6) is 0 Å². The molecule has 0 spiro atoms. The van der Waals surface area contributed by atoms with E-state index in [0.29, 0.717) is 6.04 Å². The summed E-state index contributed by atoms with van der Waals surface area (Å²) in [4.78, 5) is 14.2. The van der Waals surface area contributed by atoms with Crippen molar-refractivity contribution in [3.8, 4) is 0 Å². The van der Waals surface area contributed by atoms with Gasteiger partial charge in [-0.1, -0.05) is 19.8 Å². The zero-order chi connectivity index (χ0) is 13.7. The minimum absolute atomic E-state index is 0.128. The van der Waals surface area contributed by atoms with Crippen molar-refractivity contribution in [2.24, 2.45) is 5.92 Å². The van der Waals surface area contributed by atoms with Gasteiger partial charge in [0.2, 0.25) is 0 Å². The van der Waals surface area contributed by atoms with E-state index < -0.39 is 0 Å². The lowest BCUT2D eigenvalue weighted by atomic mass is 10.1. The summed E-state index contributed by atoms with van der Waals surface area (Å²) in [6, 6.07) is 0.312. The first-order chi connectivity index (χ1) is 9.22. The summed E-state index contributed by atoms with van der Waals surface area (Å²) in [6.07, 6.45) is 7.61. The molecule has 1 aliphatic heterocycles. The molecule has 1 saturated carbocycles. The molecule has 1 aliphatic carbocycles. The Labute approximate surface area is 116 Å². The van der Waals surface area contributed by atoms with E-state index in [1.165, 1.54) is 45.9 Å². The zero-order valence-electron chi connectivity index (χ0n) is 12.4. The molecule has 4 heteroatoms. The van der Waals surface area contributed by atoms with Gasteiger partial charge in [0.05, 0.1) is 7.11 Å². The summed E-state index contributed by atoms with van der Waals surface area (Å²) in [5, 5.41) is 3.45. The second kappa shape index (κ2) is 7.25. The summed E-state index contributed by atoms with van der Waals surface area (Å²) < 4.78 is 4.83. The van der Waals surface area contributed by atoms with Crippen LogP contribution in [0.3, 0.4) is 0 Å². The molecule has 2 rings (SSSR count). The van der Waals surface area contributed by atoms with Crippen LogP contribution in [0, 0.1) is 5.92 Å². The predicted molar refractivity (Wildman–Crippen MR) is 76.0 cm³/mol. The molecule has 4 nitrogen and oxygen atoms in total. The Kier molecular flexibility index (Phi) is 5.64. The quantitative estimate of drug-likeness (QED) is 0.746. The van der Waals surface area contributed by atoms with Gasteiger partial charge in [-0.15, -0.1) is 0 Å². The lowest BCUT2D eigenvalue weighted by Gasteiger charge is -2.22. The van der Waals surface area contributed by atoms with Crippen LogP contribution >= 0.6 is 0 Å². The molecule has 19 heavy (non-hydrogen) atoms. The summed E-state index contributed by atoms with van der Waals surface area (Å²) in [7, 11) is 1.47. The van der Waals surface area contributed by atoms with Gasteiger partial charge in [-0.05, 0) is 38.1 Å². The summed E-state index contributed by atoms with van der Waals surface area (Å²) in [5.74, 6) is 0.790. The van der Waals surface area contributed by atoms with Gasteiger partial charge in [0.1, 0.15) is 6.04 Å². The first kappa shape index (κ1) is 14.8. The Morgan fingerprint density at radius 2 is 2.11 bits per heavy atom. The first-order valence-electron chi connectivity index (χ1n) is 7.79. The maximum Gasteiger partial charge on any atom is 0.322 e. The van der Waals surface area contributed by atoms with Crippen LogP contribution < -0.4 is 5.32 Å². The SMILES string of the molecule is CC[C@@H](N[C@@H]1CCN(CC2CCCC2)C1)C(=O)OC. The van der Waals surface area contributed by atoms with E-state index in [-0.39, 0.29) is 12.0 Å². The summed E-state index contributed by atoms with van der Waals surface area (Å²) >= 11 is 0. The number of nitrogens with zero attached hydrogens (tertiary/aromatic N) is 1. The molecule has 2 atom stereocenters. The van der Waals surface area contributed by atoms with Crippen molar-refractivity contribution >= 4 is 5.97 Å². The number of rotatable bonds is 6. The smallest absolute Gasteiger partial charge is 0.322 e. The topological polar surface area (TPSA) is 41.6 Å². The maximum atomic E-state index is 11.6. The second-order valence-electron chi connectivity index (χ2n) is 6.05. The van der Waals surface area contributed by atoms with Crippen LogP contribution in [0.1, 0.15) is 45.4 Å². The average Bonchev–Trinajstić information content (AvgIpc) is 3.07. The number of ether oxygens (including phenoxy) is 1. The van der Waals surface area contributed by atoms with Gasteiger partial charge in [-0.3, -0.25) is 4.79 Å². The molecular weight excluding hydrogens is 240 g/mol. The van der Waals surface area contributed by atoms with Crippen LogP contribution in [0.25, 0.3) is 0 Å². The Morgan fingerprint density at radius 3 is 2.74 bits per heavy atom. The molecule has 1 heterocycles. The monoisotopic (exact) mass is 268 g/mol. The van der Waals surface area contributed by atoms with Crippen molar-refractivity contribution in [2.75, 3.05) is 26.7 Å². The number of likely N-dealkylation sites (tertiary alicyclic amines) is 1. The van der Waals surface area contributed by atoms with Crippen LogP contribution in [-0.2, 0) is 9.53 Å². The van der Waals surface area contributed by atoms with Gasteiger partial charge in [0.15, 0.2) is 0 Å².